The van der Waals surface area contributed by atoms with Crippen LogP contribution < -0.4 is 0 Å². The van der Waals surface area contributed by atoms with Gasteiger partial charge in [0.25, 0.3) is 0 Å². The third-order valence-electron chi connectivity index (χ3n) is 9.82. The van der Waals surface area contributed by atoms with E-state index in [0.717, 1.165) is 33.3 Å². The predicted molar refractivity (Wildman–Crippen MR) is 185 cm³/mol. The van der Waals surface area contributed by atoms with Gasteiger partial charge in [0.2, 0.25) is 5.91 Å². The van der Waals surface area contributed by atoms with E-state index in [2.05, 4.69) is 63.2 Å². The number of benzene rings is 3. The van der Waals surface area contributed by atoms with Crippen molar-refractivity contribution in [2.24, 2.45) is 5.92 Å². The Kier molecular flexibility index (Phi) is 9.77. The number of hydrogen-bond acceptors (Lipinski definition) is 6. The fourth-order valence-electron chi connectivity index (χ4n) is 5.88. The van der Waals surface area contributed by atoms with Crippen molar-refractivity contribution in [2.45, 2.75) is 91.2 Å². The van der Waals surface area contributed by atoms with Gasteiger partial charge in [-0.3, -0.25) is 4.79 Å². The van der Waals surface area contributed by atoms with E-state index in [1.54, 1.807) is 4.68 Å². The highest BCUT2D eigenvalue weighted by Crippen LogP contribution is 2.42. The van der Waals surface area contributed by atoms with E-state index in [1.807, 2.05) is 62.4 Å². The van der Waals surface area contributed by atoms with E-state index in [-0.39, 0.29) is 17.6 Å². The van der Waals surface area contributed by atoms with Crippen molar-refractivity contribution in [2.75, 3.05) is 6.61 Å². The number of rotatable bonds is 10. The number of amides is 2. The Morgan fingerprint density at radius 2 is 1.85 bits per heavy atom. The van der Waals surface area contributed by atoms with Gasteiger partial charge in [-0.1, -0.05) is 99.1 Å². The smallest absolute Gasteiger partial charge is 0.416 e. The van der Waals surface area contributed by atoms with Crippen molar-refractivity contribution in [3.63, 3.8) is 0 Å². The molecule has 1 aromatic heterocycles. The Morgan fingerprint density at radius 1 is 1.13 bits per heavy atom. The topological polar surface area (TPSA) is 86.5 Å². The molecule has 244 valence electrons. The zero-order chi connectivity index (χ0) is 33.4. The highest BCUT2D eigenvalue weighted by atomic mass is 35.5. The third-order valence-corrected chi connectivity index (χ3v) is 14.7. The summed E-state index contributed by atoms with van der Waals surface area (Å²) in [5.41, 5.74) is 6.28. The Morgan fingerprint density at radius 3 is 2.52 bits per heavy atom. The second-order valence-electron chi connectivity index (χ2n) is 13.9. The number of carbonyl (C=O) groups excluding carboxylic acids is 2. The van der Waals surface area contributed by atoms with Crippen LogP contribution >= 0.6 is 11.6 Å². The first-order valence-electron chi connectivity index (χ1n) is 16.0. The molecule has 0 radical (unpaired) electrons. The van der Waals surface area contributed by atoms with Crippen LogP contribution in [0.1, 0.15) is 68.4 Å². The molecule has 2 heterocycles. The molecular formula is C36H45ClN4O4Si. The molecule has 2 unspecified atom stereocenters. The van der Waals surface area contributed by atoms with Gasteiger partial charge in [-0.2, -0.15) is 0 Å². The summed E-state index contributed by atoms with van der Waals surface area (Å²) in [5, 5.41) is 9.18. The first kappa shape index (κ1) is 33.8. The Labute approximate surface area is 278 Å². The summed E-state index contributed by atoms with van der Waals surface area (Å²) in [6, 6.07) is 19.6. The minimum atomic E-state index is -2.02. The SMILES string of the molecule is CCn1nnc2c(Cl)c(C(c3ccc(C)c(CO[Si](C)(C)C(C)(C)C)c3)C(C)C(=O)N3C(=O)OC[C@H]3Cc3ccccc3)ccc21. The van der Waals surface area contributed by atoms with Gasteiger partial charge in [-0.15, -0.1) is 5.10 Å². The zero-order valence-electron chi connectivity index (χ0n) is 28.1. The fourth-order valence-corrected chi connectivity index (χ4v) is 7.14. The molecule has 0 saturated carbocycles. The molecule has 4 aromatic rings. The van der Waals surface area contributed by atoms with Gasteiger partial charge in [0.15, 0.2) is 8.32 Å². The van der Waals surface area contributed by atoms with E-state index < -0.39 is 32.3 Å². The maximum Gasteiger partial charge on any atom is 0.416 e. The largest absolute Gasteiger partial charge is 0.447 e. The van der Waals surface area contributed by atoms with Gasteiger partial charge in [-0.05, 0) is 72.3 Å². The number of ether oxygens (including phenoxy) is 1. The highest BCUT2D eigenvalue weighted by Gasteiger charge is 2.43. The van der Waals surface area contributed by atoms with Crippen LogP contribution in [0.3, 0.4) is 0 Å². The van der Waals surface area contributed by atoms with E-state index in [4.69, 9.17) is 20.8 Å². The lowest BCUT2D eigenvalue weighted by atomic mass is 9.79. The molecule has 3 aromatic carbocycles. The van der Waals surface area contributed by atoms with Crippen LogP contribution in [-0.4, -0.2) is 52.9 Å². The summed E-state index contributed by atoms with van der Waals surface area (Å²) in [7, 11) is -2.02. The second-order valence-corrected chi connectivity index (χ2v) is 19.1. The Balaban J connectivity index is 1.56. The monoisotopic (exact) mass is 660 g/mol. The van der Waals surface area contributed by atoms with Gasteiger partial charge < -0.3 is 9.16 Å². The molecule has 3 atom stereocenters. The molecule has 1 fully saturated rings. The zero-order valence-corrected chi connectivity index (χ0v) is 29.9. The highest BCUT2D eigenvalue weighted by molar-refractivity contribution is 6.74. The van der Waals surface area contributed by atoms with Crippen LogP contribution in [0.2, 0.25) is 23.2 Å². The Bertz CT molecular complexity index is 1730. The first-order chi connectivity index (χ1) is 21.7. The molecule has 2 amide bonds. The van der Waals surface area contributed by atoms with Crippen LogP contribution in [-0.2, 0) is 33.5 Å². The molecule has 0 bridgehead atoms. The van der Waals surface area contributed by atoms with Crippen LogP contribution in [0.4, 0.5) is 4.79 Å². The van der Waals surface area contributed by atoms with E-state index >= 15 is 0 Å². The van der Waals surface area contributed by atoms with Crippen molar-refractivity contribution in [3.8, 4) is 0 Å². The summed E-state index contributed by atoms with van der Waals surface area (Å²) < 4.78 is 13.9. The van der Waals surface area contributed by atoms with Crippen LogP contribution in [0.25, 0.3) is 11.0 Å². The summed E-state index contributed by atoms with van der Waals surface area (Å²) in [6.07, 6.45) is -0.0986. The number of carbonyl (C=O) groups is 2. The van der Waals surface area contributed by atoms with Crippen molar-refractivity contribution >= 4 is 43.0 Å². The normalized spacial score (nSPS) is 16.9. The van der Waals surface area contributed by atoms with Crippen molar-refractivity contribution in [1.29, 1.82) is 0 Å². The number of cyclic esters (lactones) is 1. The second kappa shape index (κ2) is 13.3. The van der Waals surface area contributed by atoms with Crippen LogP contribution in [0, 0.1) is 12.8 Å². The molecule has 0 aliphatic carbocycles. The fraction of sp³-hybridized carbons (Fsp3) is 0.444. The summed E-state index contributed by atoms with van der Waals surface area (Å²) in [6.45, 7) is 18.4. The van der Waals surface area contributed by atoms with Gasteiger partial charge in [0, 0.05) is 18.4 Å². The molecule has 0 N–H and O–H groups in total. The number of halogens is 1. The van der Waals surface area contributed by atoms with Gasteiger partial charge in [0.1, 0.15) is 12.1 Å². The standard InChI is InChI=1S/C36H45ClN4O4Si/c1-9-40-30-18-17-29(32(37)33(30)38-39-40)31(26-16-15-23(2)27(20-26)21-45-46(7,8)36(4,5)6)24(3)34(42)41-28(22-44-35(41)43)19-25-13-11-10-12-14-25/h10-18,20,24,28,31H,9,19,21-22H2,1-8H3/t24?,28-,31?/m1/s1. The van der Waals surface area contributed by atoms with Crippen molar-refractivity contribution < 1.29 is 18.8 Å². The van der Waals surface area contributed by atoms with E-state index in [1.165, 1.54) is 4.90 Å². The number of aromatic nitrogens is 3. The van der Waals surface area contributed by atoms with Crippen LogP contribution in [0.5, 0.6) is 0 Å². The van der Waals surface area contributed by atoms with Gasteiger partial charge >= 0.3 is 6.09 Å². The lowest BCUT2D eigenvalue weighted by Gasteiger charge is -2.36. The average Bonchev–Trinajstić information content (AvgIpc) is 3.61. The molecule has 0 spiro atoms. The maximum absolute atomic E-state index is 14.4. The average molecular weight is 661 g/mol. The number of fused-ring (bicyclic) bond motifs is 1. The molecular weight excluding hydrogens is 616 g/mol. The third kappa shape index (κ3) is 6.64. The lowest BCUT2D eigenvalue weighted by Crippen LogP contribution is -2.44. The quantitative estimate of drug-likeness (QED) is 0.159. The molecule has 5 rings (SSSR count). The van der Waals surface area contributed by atoms with Crippen molar-refractivity contribution in [3.05, 3.63) is 93.5 Å². The number of nitrogens with zero attached hydrogens (tertiary/aromatic N) is 4. The number of imide groups is 1. The van der Waals surface area contributed by atoms with E-state index in [9.17, 15) is 9.59 Å². The lowest BCUT2D eigenvalue weighted by molar-refractivity contribution is -0.133. The number of aryl methyl sites for hydroxylation is 2. The van der Waals surface area contributed by atoms with Crippen LogP contribution in [0.15, 0.2) is 60.7 Å². The molecule has 10 heteroatoms. The summed E-state index contributed by atoms with van der Waals surface area (Å²) >= 11 is 7.12. The molecule has 1 aliphatic heterocycles. The molecule has 46 heavy (non-hydrogen) atoms. The van der Waals surface area contributed by atoms with Crippen molar-refractivity contribution in [1.82, 2.24) is 19.9 Å². The molecule has 1 aliphatic rings. The molecule has 1 saturated heterocycles. The minimum Gasteiger partial charge on any atom is -0.447 e. The van der Waals surface area contributed by atoms with Gasteiger partial charge in [-0.25, -0.2) is 14.4 Å². The van der Waals surface area contributed by atoms with E-state index in [0.29, 0.717) is 30.1 Å². The number of hydrogen-bond donors (Lipinski definition) is 0. The minimum absolute atomic E-state index is 0.0709. The summed E-state index contributed by atoms with van der Waals surface area (Å²) in [5.74, 6) is -1.44. The first-order valence-corrected chi connectivity index (χ1v) is 19.3. The Hall–Kier alpha value is -3.53. The maximum atomic E-state index is 14.4. The summed E-state index contributed by atoms with van der Waals surface area (Å²) in [4.78, 5) is 28.8. The predicted octanol–water partition coefficient (Wildman–Crippen LogP) is 8.29. The van der Waals surface area contributed by atoms with Gasteiger partial charge in [0.05, 0.1) is 23.2 Å². The molecule has 8 nitrogen and oxygen atoms in total.